The molecule has 1 saturated heterocycles. The molecule has 2 aromatic carbocycles. The molecule has 1 amide bonds. The third kappa shape index (κ3) is 4.23. The average Bonchev–Trinajstić information content (AvgIpc) is 3.31. The number of hydrogen-bond acceptors (Lipinski definition) is 5. The highest BCUT2D eigenvalue weighted by atomic mass is 79.9. The number of hydrogen-bond donors (Lipinski definition) is 1. The number of imidazole rings is 1. The van der Waals surface area contributed by atoms with E-state index in [0.717, 1.165) is 47.0 Å². The van der Waals surface area contributed by atoms with Crippen LogP contribution in [-0.4, -0.2) is 49.9 Å². The van der Waals surface area contributed by atoms with Gasteiger partial charge in [0.2, 0.25) is 5.95 Å². The average molecular weight is 491 g/mol. The molecule has 0 radical (unpaired) electrons. The van der Waals surface area contributed by atoms with Crippen molar-refractivity contribution in [2.75, 3.05) is 18.0 Å². The molecule has 5 rings (SSSR count). The molecule has 162 valence electrons. The van der Waals surface area contributed by atoms with Gasteiger partial charge in [-0.1, -0.05) is 22.0 Å². The van der Waals surface area contributed by atoms with Crippen LogP contribution >= 0.6 is 15.9 Å². The number of nitrogens with zero attached hydrogens (tertiary/aromatic N) is 5. The van der Waals surface area contributed by atoms with E-state index < -0.39 is 0 Å². The van der Waals surface area contributed by atoms with Crippen molar-refractivity contribution in [3.8, 4) is 0 Å². The zero-order valence-electron chi connectivity index (χ0n) is 17.5. The Bertz CT molecular complexity index is 1230. The first-order chi connectivity index (χ1) is 15.7. The largest absolute Gasteiger partial charge is 0.345 e. The summed E-state index contributed by atoms with van der Waals surface area (Å²) in [5.74, 6) is 0.678. The van der Waals surface area contributed by atoms with E-state index in [2.05, 4.69) is 46.8 Å². The summed E-state index contributed by atoms with van der Waals surface area (Å²) in [6.45, 7) is 1.37. The maximum Gasteiger partial charge on any atom is 0.254 e. The van der Waals surface area contributed by atoms with Crippen LogP contribution in [0.3, 0.4) is 0 Å². The van der Waals surface area contributed by atoms with E-state index in [1.807, 2.05) is 47.4 Å². The summed E-state index contributed by atoms with van der Waals surface area (Å²) in [5.41, 5.74) is 3.40. The highest BCUT2D eigenvalue weighted by Gasteiger charge is 2.30. The second kappa shape index (κ2) is 9.08. The van der Waals surface area contributed by atoms with Crippen LogP contribution in [0.25, 0.3) is 11.0 Å². The summed E-state index contributed by atoms with van der Waals surface area (Å²) in [6, 6.07) is 15.6. The number of aromatic amines is 1. The standard InChI is InChI=1S/C24H23BrN6O/c25-18-5-3-7-19(14-18)31(24-26-10-4-11-27-24)15-20-6-1-2-12-30(20)23(32)17-8-9-21-22(13-17)29-16-28-21/h3-5,7-11,13-14,16,20H,1-2,6,12,15H2,(H,28,29). The number of carbonyl (C=O) groups is 1. The number of anilines is 2. The lowest BCUT2D eigenvalue weighted by atomic mass is 9.99. The van der Waals surface area contributed by atoms with Gasteiger partial charge < -0.3 is 14.8 Å². The molecule has 1 fully saturated rings. The van der Waals surface area contributed by atoms with Crippen LogP contribution in [-0.2, 0) is 0 Å². The molecular formula is C24H23BrN6O. The van der Waals surface area contributed by atoms with Crippen LogP contribution in [0.2, 0.25) is 0 Å². The molecule has 3 heterocycles. The van der Waals surface area contributed by atoms with Crippen LogP contribution in [0.4, 0.5) is 11.6 Å². The first-order valence-corrected chi connectivity index (χ1v) is 11.5. The monoisotopic (exact) mass is 490 g/mol. The Labute approximate surface area is 194 Å². The Morgan fingerprint density at radius 1 is 1.09 bits per heavy atom. The smallest absolute Gasteiger partial charge is 0.254 e. The summed E-state index contributed by atoms with van der Waals surface area (Å²) in [6.07, 6.45) is 8.18. The Hall–Kier alpha value is -3.26. The van der Waals surface area contributed by atoms with E-state index >= 15 is 0 Å². The first kappa shape index (κ1) is 20.6. The second-order valence-corrected chi connectivity index (χ2v) is 8.84. The molecule has 1 atom stereocenters. The molecule has 0 bridgehead atoms. The maximum atomic E-state index is 13.5. The van der Waals surface area contributed by atoms with Crippen LogP contribution in [0.15, 0.2) is 71.7 Å². The number of amides is 1. The van der Waals surface area contributed by atoms with Gasteiger partial charge in [0.05, 0.1) is 23.4 Å². The van der Waals surface area contributed by atoms with Crippen molar-refractivity contribution in [3.63, 3.8) is 0 Å². The van der Waals surface area contributed by atoms with Crippen LogP contribution in [0.5, 0.6) is 0 Å². The molecule has 32 heavy (non-hydrogen) atoms. The normalized spacial score (nSPS) is 16.3. The number of aromatic nitrogens is 4. The fraction of sp³-hybridized carbons (Fsp3) is 0.250. The van der Waals surface area contributed by atoms with E-state index in [1.165, 1.54) is 0 Å². The van der Waals surface area contributed by atoms with Gasteiger partial charge in [-0.2, -0.15) is 0 Å². The van der Waals surface area contributed by atoms with Gasteiger partial charge in [0.15, 0.2) is 0 Å². The number of piperidine rings is 1. The molecule has 0 saturated carbocycles. The molecule has 4 aromatic rings. The lowest BCUT2D eigenvalue weighted by Gasteiger charge is -2.39. The number of rotatable bonds is 5. The van der Waals surface area contributed by atoms with Crippen molar-refractivity contribution < 1.29 is 4.79 Å². The third-order valence-electron chi connectivity index (χ3n) is 5.86. The van der Waals surface area contributed by atoms with E-state index in [4.69, 9.17) is 0 Å². The number of carbonyl (C=O) groups excluding carboxylic acids is 1. The molecule has 7 nitrogen and oxygen atoms in total. The molecule has 1 N–H and O–H groups in total. The molecule has 8 heteroatoms. The van der Waals surface area contributed by atoms with Gasteiger partial charge in [0, 0.05) is 41.2 Å². The summed E-state index contributed by atoms with van der Waals surface area (Å²) in [7, 11) is 0. The summed E-state index contributed by atoms with van der Waals surface area (Å²) in [5, 5.41) is 0. The zero-order valence-corrected chi connectivity index (χ0v) is 19.1. The van der Waals surface area contributed by atoms with Crippen LogP contribution in [0.1, 0.15) is 29.6 Å². The topological polar surface area (TPSA) is 78.0 Å². The van der Waals surface area contributed by atoms with Gasteiger partial charge in [0.25, 0.3) is 5.91 Å². The molecule has 2 aromatic heterocycles. The van der Waals surface area contributed by atoms with Crippen molar-refractivity contribution in [2.45, 2.75) is 25.3 Å². The predicted molar refractivity (Wildman–Crippen MR) is 128 cm³/mol. The number of H-pyrrole nitrogens is 1. The van der Waals surface area contributed by atoms with E-state index in [9.17, 15) is 4.79 Å². The van der Waals surface area contributed by atoms with Crippen molar-refractivity contribution in [1.29, 1.82) is 0 Å². The minimum Gasteiger partial charge on any atom is -0.345 e. The van der Waals surface area contributed by atoms with E-state index in [1.54, 1.807) is 18.7 Å². The zero-order chi connectivity index (χ0) is 21.9. The summed E-state index contributed by atoms with van der Waals surface area (Å²) in [4.78, 5) is 34.0. The summed E-state index contributed by atoms with van der Waals surface area (Å²) >= 11 is 3.57. The fourth-order valence-electron chi connectivity index (χ4n) is 4.28. The molecular weight excluding hydrogens is 468 g/mol. The Balaban J connectivity index is 1.45. The fourth-order valence-corrected chi connectivity index (χ4v) is 4.67. The van der Waals surface area contributed by atoms with E-state index in [0.29, 0.717) is 18.1 Å². The van der Waals surface area contributed by atoms with Crippen molar-refractivity contribution in [3.05, 3.63) is 77.3 Å². The van der Waals surface area contributed by atoms with Crippen molar-refractivity contribution >= 4 is 44.5 Å². The van der Waals surface area contributed by atoms with Gasteiger partial charge in [-0.3, -0.25) is 4.79 Å². The minimum absolute atomic E-state index is 0.0503. The highest BCUT2D eigenvalue weighted by molar-refractivity contribution is 9.10. The second-order valence-electron chi connectivity index (χ2n) is 7.92. The number of nitrogens with one attached hydrogen (secondary N) is 1. The van der Waals surface area contributed by atoms with Gasteiger partial charge in [-0.05, 0) is 61.7 Å². The van der Waals surface area contributed by atoms with Gasteiger partial charge in [-0.15, -0.1) is 0 Å². The van der Waals surface area contributed by atoms with Gasteiger partial charge >= 0.3 is 0 Å². The van der Waals surface area contributed by atoms with E-state index in [-0.39, 0.29) is 11.9 Å². The van der Waals surface area contributed by atoms with Crippen LogP contribution in [0, 0.1) is 0 Å². The molecule has 1 aliphatic heterocycles. The van der Waals surface area contributed by atoms with Crippen molar-refractivity contribution in [1.82, 2.24) is 24.8 Å². The minimum atomic E-state index is 0.0503. The molecule has 1 aliphatic rings. The summed E-state index contributed by atoms with van der Waals surface area (Å²) < 4.78 is 0.986. The van der Waals surface area contributed by atoms with Gasteiger partial charge in [-0.25, -0.2) is 15.0 Å². The molecule has 0 spiro atoms. The highest BCUT2D eigenvalue weighted by Crippen LogP contribution is 2.29. The van der Waals surface area contributed by atoms with Crippen LogP contribution < -0.4 is 4.90 Å². The number of halogens is 1. The number of benzene rings is 2. The molecule has 1 unspecified atom stereocenters. The van der Waals surface area contributed by atoms with Gasteiger partial charge in [0.1, 0.15) is 0 Å². The Morgan fingerprint density at radius 2 is 1.97 bits per heavy atom. The Morgan fingerprint density at radius 3 is 2.81 bits per heavy atom. The quantitative estimate of drug-likeness (QED) is 0.428. The third-order valence-corrected chi connectivity index (χ3v) is 6.36. The van der Waals surface area contributed by atoms with Crippen molar-refractivity contribution in [2.24, 2.45) is 0 Å². The number of fused-ring (bicyclic) bond motifs is 1. The lowest BCUT2D eigenvalue weighted by Crippen LogP contribution is -2.49. The predicted octanol–water partition coefficient (Wildman–Crippen LogP) is 4.95. The SMILES string of the molecule is O=C(c1ccc2nc[nH]c2c1)N1CCCCC1CN(c1cccc(Br)c1)c1ncccn1. The maximum absolute atomic E-state index is 13.5. The molecule has 0 aliphatic carbocycles. The number of likely N-dealkylation sites (tertiary alicyclic amines) is 1. The lowest BCUT2D eigenvalue weighted by molar-refractivity contribution is 0.0623. The Kier molecular flexibility index (Phi) is 5.85. The first-order valence-electron chi connectivity index (χ1n) is 10.7.